The summed E-state index contributed by atoms with van der Waals surface area (Å²) in [5.74, 6) is 2.09. The second-order valence-corrected chi connectivity index (χ2v) is 9.21. The number of aryl methyl sites for hydroxylation is 1. The highest BCUT2D eigenvalue weighted by Crippen LogP contribution is 2.37. The Bertz CT molecular complexity index is 1340. The van der Waals surface area contributed by atoms with Crippen molar-refractivity contribution in [3.8, 4) is 11.5 Å². The number of carbonyl (C=O) groups excluding carboxylic acids is 1. The Morgan fingerprint density at radius 2 is 2.00 bits per heavy atom. The summed E-state index contributed by atoms with van der Waals surface area (Å²) in [4.78, 5) is 16.7. The van der Waals surface area contributed by atoms with E-state index in [4.69, 9.17) is 9.47 Å². The molecule has 1 N–H and O–H groups in total. The first-order valence-corrected chi connectivity index (χ1v) is 11.7. The van der Waals surface area contributed by atoms with Crippen LogP contribution in [0.25, 0.3) is 10.9 Å². The molecule has 0 amide bonds. The van der Waals surface area contributed by atoms with E-state index >= 15 is 0 Å². The lowest BCUT2D eigenvalue weighted by Crippen LogP contribution is -2.25. The Morgan fingerprint density at radius 3 is 2.82 bits per heavy atom. The van der Waals surface area contributed by atoms with Crippen LogP contribution >= 0.6 is 11.8 Å². The third-order valence-electron chi connectivity index (χ3n) is 5.65. The molecular formula is C25H24N4O3S. The standard InChI is InChI=1S/C25H24N4O3S/c1-4-13-29-24(21-14-31-19-11-7-8-12-20(19)32-21)27-28-25(29)33-16(3)23(30)22-15(2)26-18-10-6-5-9-17(18)22/h4-12,16,21,26H,1,13-14H2,2-3H3/t16-,21-/m1/s1. The van der Waals surface area contributed by atoms with Crippen LogP contribution in [0, 0.1) is 6.92 Å². The van der Waals surface area contributed by atoms with Crippen molar-refractivity contribution in [1.82, 2.24) is 19.7 Å². The topological polar surface area (TPSA) is 82.0 Å². The van der Waals surface area contributed by atoms with Gasteiger partial charge >= 0.3 is 0 Å². The monoisotopic (exact) mass is 460 g/mol. The van der Waals surface area contributed by atoms with E-state index in [0.717, 1.165) is 22.2 Å². The molecule has 0 radical (unpaired) electrons. The van der Waals surface area contributed by atoms with E-state index < -0.39 is 6.10 Å². The lowest BCUT2D eigenvalue weighted by molar-refractivity contribution is 0.0821. The van der Waals surface area contributed by atoms with Crippen LogP contribution < -0.4 is 9.47 Å². The van der Waals surface area contributed by atoms with E-state index in [1.54, 1.807) is 6.08 Å². The maximum absolute atomic E-state index is 13.4. The van der Waals surface area contributed by atoms with Gasteiger partial charge in [0.05, 0.1) is 5.25 Å². The zero-order chi connectivity index (χ0) is 22.9. The van der Waals surface area contributed by atoms with Gasteiger partial charge in [0.25, 0.3) is 0 Å². The first-order chi connectivity index (χ1) is 16.1. The van der Waals surface area contributed by atoms with Gasteiger partial charge in [-0.2, -0.15) is 0 Å². The first kappa shape index (κ1) is 21.3. The lowest BCUT2D eigenvalue weighted by Gasteiger charge is -2.26. The highest BCUT2D eigenvalue weighted by molar-refractivity contribution is 8.00. The van der Waals surface area contributed by atoms with Crippen LogP contribution in [0.2, 0.25) is 0 Å². The molecular weight excluding hydrogens is 436 g/mol. The van der Waals surface area contributed by atoms with E-state index in [9.17, 15) is 4.79 Å². The van der Waals surface area contributed by atoms with Crippen LogP contribution in [0.1, 0.15) is 34.9 Å². The highest BCUT2D eigenvalue weighted by Gasteiger charge is 2.30. The van der Waals surface area contributed by atoms with Gasteiger partial charge in [-0.3, -0.25) is 9.36 Å². The van der Waals surface area contributed by atoms with Crippen LogP contribution in [-0.4, -0.2) is 37.4 Å². The van der Waals surface area contributed by atoms with Gasteiger partial charge in [0.15, 0.2) is 34.4 Å². The molecule has 2 atom stereocenters. The molecule has 4 aromatic rings. The van der Waals surface area contributed by atoms with Gasteiger partial charge in [0, 0.05) is 28.7 Å². The molecule has 168 valence electrons. The number of thioether (sulfide) groups is 1. The number of hydrogen-bond acceptors (Lipinski definition) is 6. The minimum atomic E-state index is -0.399. The maximum atomic E-state index is 13.4. The van der Waals surface area contributed by atoms with Crippen LogP contribution in [0.5, 0.6) is 11.5 Å². The van der Waals surface area contributed by atoms with E-state index in [2.05, 4.69) is 21.8 Å². The second kappa shape index (κ2) is 8.78. The van der Waals surface area contributed by atoms with E-state index in [1.165, 1.54) is 11.8 Å². The third kappa shape index (κ3) is 3.91. The van der Waals surface area contributed by atoms with E-state index in [1.807, 2.05) is 66.9 Å². The van der Waals surface area contributed by atoms with Crippen molar-refractivity contribution >= 4 is 28.4 Å². The van der Waals surface area contributed by atoms with Gasteiger partial charge in [-0.15, -0.1) is 16.8 Å². The number of nitrogens with one attached hydrogen (secondary N) is 1. The fourth-order valence-corrected chi connectivity index (χ4v) is 5.01. The van der Waals surface area contributed by atoms with Crippen LogP contribution in [0.3, 0.4) is 0 Å². The molecule has 0 unspecified atom stereocenters. The number of ketones is 1. The Labute approximate surface area is 195 Å². The summed E-state index contributed by atoms with van der Waals surface area (Å²) in [5.41, 5.74) is 2.55. The molecule has 2 aromatic heterocycles. The van der Waals surface area contributed by atoms with Crippen LogP contribution in [0.4, 0.5) is 0 Å². The smallest absolute Gasteiger partial charge is 0.192 e. The van der Waals surface area contributed by atoms with Crippen molar-refractivity contribution in [1.29, 1.82) is 0 Å². The first-order valence-electron chi connectivity index (χ1n) is 10.8. The minimum Gasteiger partial charge on any atom is -0.485 e. The minimum absolute atomic E-state index is 0.0517. The normalized spacial score (nSPS) is 16.0. The quantitative estimate of drug-likeness (QED) is 0.234. The number of Topliss-reactive ketones (excluding diaryl/α,β-unsaturated/α-hetero) is 1. The number of aromatic amines is 1. The SMILES string of the molecule is C=CCn1c(S[C@H](C)C(=O)c2c(C)[nH]c3ccccc23)nnc1[C@H]1COc2ccccc2O1. The third-order valence-corrected chi connectivity index (χ3v) is 6.73. The molecule has 3 heterocycles. The number of benzene rings is 2. The highest BCUT2D eigenvalue weighted by atomic mass is 32.2. The lowest BCUT2D eigenvalue weighted by atomic mass is 10.1. The number of fused-ring (bicyclic) bond motifs is 2. The largest absolute Gasteiger partial charge is 0.485 e. The van der Waals surface area contributed by atoms with Crippen molar-refractivity contribution in [3.63, 3.8) is 0 Å². The van der Waals surface area contributed by atoms with Crippen molar-refractivity contribution in [3.05, 3.63) is 78.3 Å². The molecule has 33 heavy (non-hydrogen) atoms. The molecule has 2 aromatic carbocycles. The Balaban J connectivity index is 1.41. The van der Waals surface area contributed by atoms with E-state index in [0.29, 0.717) is 35.6 Å². The molecule has 0 fully saturated rings. The Hall–Kier alpha value is -3.52. The van der Waals surface area contributed by atoms with Gasteiger partial charge in [-0.1, -0.05) is 48.2 Å². The van der Waals surface area contributed by atoms with Crippen molar-refractivity contribution in [2.45, 2.75) is 36.9 Å². The summed E-state index contributed by atoms with van der Waals surface area (Å²) < 4.78 is 13.9. The zero-order valence-corrected chi connectivity index (χ0v) is 19.3. The van der Waals surface area contributed by atoms with Crippen LogP contribution in [0.15, 0.2) is 66.3 Å². The van der Waals surface area contributed by atoms with Gasteiger partial charge in [0.2, 0.25) is 0 Å². The van der Waals surface area contributed by atoms with Gasteiger partial charge in [0.1, 0.15) is 6.61 Å². The average Bonchev–Trinajstić information content (AvgIpc) is 3.38. The zero-order valence-electron chi connectivity index (χ0n) is 18.4. The fourth-order valence-electron chi connectivity index (χ4n) is 4.08. The molecule has 8 heteroatoms. The maximum Gasteiger partial charge on any atom is 0.192 e. The Morgan fingerprint density at radius 1 is 1.24 bits per heavy atom. The van der Waals surface area contributed by atoms with Crippen molar-refractivity contribution in [2.75, 3.05) is 6.61 Å². The Kier molecular flexibility index (Phi) is 5.68. The molecule has 7 nitrogen and oxygen atoms in total. The van der Waals surface area contributed by atoms with Gasteiger partial charge in [-0.25, -0.2) is 0 Å². The number of para-hydroxylation sites is 3. The summed E-state index contributed by atoms with van der Waals surface area (Å²) in [6, 6.07) is 15.4. The molecule has 0 spiro atoms. The van der Waals surface area contributed by atoms with Gasteiger partial charge < -0.3 is 14.5 Å². The number of rotatable bonds is 7. The number of nitrogens with zero attached hydrogens (tertiary/aromatic N) is 3. The summed E-state index contributed by atoms with van der Waals surface area (Å²) in [7, 11) is 0. The molecule has 1 aliphatic rings. The molecule has 5 rings (SSSR count). The fraction of sp³-hybridized carbons (Fsp3) is 0.240. The molecule has 1 aliphatic heterocycles. The van der Waals surface area contributed by atoms with Crippen molar-refractivity contribution in [2.24, 2.45) is 0 Å². The number of carbonyl (C=O) groups is 1. The molecule has 0 saturated heterocycles. The average molecular weight is 461 g/mol. The predicted molar refractivity (Wildman–Crippen MR) is 128 cm³/mol. The van der Waals surface area contributed by atoms with Crippen LogP contribution in [-0.2, 0) is 6.54 Å². The number of hydrogen-bond donors (Lipinski definition) is 1. The summed E-state index contributed by atoms with van der Waals surface area (Å²) in [6.07, 6.45) is 1.38. The summed E-state index contributed by atoms with van der Waals surface area (Å²) >= 11 is 1.39. The number of aromatic nitrogens is 4. The second-order valence-electron chi connectivity index (χ2n) is 7.90. The van der Waals surface area contributed by atoms with E-state index in [-0.39, 0.29) is 11.0 Å². The molecule has 0 bridgehead atoms. The number of H-pyrrole nitrogens is 1. The number of ether oxygens (including phenoxy) is 2. The predicted octanol–water partition coefficient (Wildman–Crippen LogP) is 5.13. The molecule has 0 aliphatic carbocycles. The number of allylic oxidation sites excluding steroid dienone is 1. The molecule has 0 saturated carbocycles. The van der Waals surface area contributed by atoms with Gasteiger partial charge in [-0.05, 0) is 32.0 Å². The van der Waals surface area contributed by atoms with Crippen molar-refractivity contribution < 1.29 is 14.3 Å². The summed E-state index contributed by atoms with van der Waals surface area (Å²) in [6.45, 7) is 8.54. The summed E-state index contributed by atoms with van der Waals surface area (Å²) in [5, 5.41) is 10.0.